The van der Waals surface area contributed by atoms with Crippen molar-refractivity contribution >= 4 is 24.1 Å². The summed E-state index contributed by atoms with van der Waals surface area (Å²) in [5, 5.41) is 17.8. The summed E-state index contributed by atoms with van der Waals surface area (Å²) in [6.45, 7) is 8.14. The SMILES string of the molecule is CCOC=CC(=O)NC(=O)NC1CCC(CN(C(=O)O)C2CCC(NC(=O)OC(C)(C)C)CC2)CC1. The van der Waals surface area contributed by atoms with Gasteiger partial charge in [0, 0.05) is 30.7 Å². The van der Waals surface area contributed by atoms with Crippen molar-refractivity contribution in [1.82, 2.24) is 20.9 Å². The first-order valence-electron chi connectivity index (χ1n) is 12.9. The molecule has 2 rings (SSSR count). The first kappa shape index (κ1) is 29.3. The molecule has 11 nitrogen and oxygen atoms in total. The summed E-state index contributed by atoms with van der Waals surface area (Å²) in [6.07, 6.45) is 6.87. The maximum atomic E-state index is 12.0. The summed E-state index contributed by atoms with van der Waals surface area (Å²) in [6, 6.07) is -0.691. The van der Waals surface area contributed by atoms with E-state index in [0.29, 0.717) is 38.8 Å². The van der Waals surface area contributed by atoms with Crippen LogP contribution in [-0.2, 0) is 14.3 Å². The number of nitrogens with zero attached hydrogens (tertiary/aromatic N) is 1. The zero-order valence-electron chi connectivity index (χ0n) is 21.9. The standard InChI is InChI=1S/C25H42N4O7/c1-5-35-15-14-21(30)28-22(31)26-18-8-6-17(7-9-18)16-29(24(33)34)20-12-10-19(11-13-20)27-23(32)36-25(2,3)4/h14-15,17-20H,5-13,16H2,1-4H3,(H,27,32)(H,33,34)(H2,26,28,30,31). The Morgan fingerprint density at radius 3 is 2.08 bits per heavy atom. The van der Waals surface area contributed by atoms with Crippen molar-refractivity contribution in [2.45, 2.75) is 103 Å². The van der Waals surface area contributed by atoms with E-state index in [-0.39, 0.29) is 24.0 Å². The average molecular weight is 511 g/mol. The van der Waals surface area contributed by atoms with E-state index < -0.39 is 29.7 Å². The third-order valence-electron chi connectivity index (χ3n) is 6.46. The normalized spacial score (nSPS) is 24.4. The van der Waals surface area contributed by atoms with Crippen LogP contribution in [-0.4, -0.2) is 71.0 Å². The largest absolute Gasteiger partial charge is 0.501 e. The van der Waals surface area contributed by atoms with Crippen LogP contribution in [0.2, 0.25) is 0 Å². The predicted molar refractivity (Wildman–Crippen MR) is 133 cm³/mol. The summed E-state index contributed by atoms with van der Waals surface area (Å²) >= 11 is 0. The van der Waals surface area contributed by atoms with Gasteiger partial charge in [0.25, 0.3) is 5.91 Å². The van der Waals surface area contributed by atoms with Gasteiger partial charge < -0.3 is 30.1 Å². The highest BCUT2D eigenvalue weighted by molar-refractivity contribution is 6.00. The molecule has 11 heteroatoms. The number of rotatable bonds is 8. The fourth-order valence-electron chi connectivity index (χ4n) is 4.74. The van der Waals surface area contributed by atoms with Crippen molar-refractivity contribution in [3.63, 3.8) is 0 Å². The Morgan fingerprint density at radius 2 is 1.53 bits per heavy atom. The highest BCUT2D eigenvalue weighted by Crippen LogP contribution is 2.29. The van der Waals surface area contributed by atoms with E-state index >= 15 is 0 Å². The molecule has 0 aliphatic heterocycles. The van der Waals surface area contributed by atoms with Gasteiger partial charge in [0.05, 0.1) is 12.9 Å². The smallest absolute Gasteiger partial charge is 0.407 e. The third-order valence-corrected chi connectivity index (χ3v) is 6.46. The van der Waals surface area contributed by atoms with Crippen LogP contribution in [0.5, 0.6) is 0 Å². The fraction of sp³-hybridized carbons (Fsp3) is 0.760. The van der Waals surface area contributed by atoms with Gasteiger partial charge in [0.2, 0.25) is 0 Å². The van der Waals surface area contributed by atoms with Crippen LogP contribution >= 0.6 is 0 Å². The second-order valence-electron chi connectivity index (χ2n) is 10.5. The molecule has 36 heavy (non-hydrogen) atoms. The van der Waals surface area contributed by atoms with Crippen molar-refractivity contribution in [2.24, 2.45) is 5.92 Å². The molecule has 2 saturated carbocycles. The van der Waals surface area contributed by atoms with Gasteiger partial charge in [-0.15, -0.1) is 0 Å². The number of nitrogens with one attached hydrogen (secondary N) is 3. The average Bonchev–Trinajstić information content (AvgIpc) is 2.78. The second kappa shape index (κ2) is 13.9. The molecule has 0 aromatic heterocycles. The van der Waals surface area contributed by atoms with E-state index in [0.717, 1.165) is 31.8 Å². The van der Waals surface area contributed by atoms with Crippen LogP contribution in [0.25, 0.3) is 0 Å². The third kappa shape index (κ3) is 10.7. The molecule has 0 saturated heterocycles. The predicted octanol–water partition coefficient (Wildman–Crippen LogP) is 3.74. The molecule has 2 aliphatic rings. The van der Waals surface area contributed by atoms with Gasteiger partial charge in [0.15, 0.2) is 0 Å². The zero-order valence-corrected chi connectivity index (χ0v) is 21.9. The molecule has 0 aromatic rings. The van der Waals surface area contributed by atoms with Crippen molar-refractivity contribution in [2.75, 3.05) is 13.2 Å². The molecule has 0 spiro atoms. The lowest BCUT2D eigenvalue weighted by Crippen LogP contribution is -2.49. The molecule has 2 fully saturated rings. The summed E-state index contributed by atoms with van der Waals surface area (Å²) in [5.41, 5.74) is -0.557. The number of carboxylic acid groups (broad SMARTS) is 1. The first-order valence-corrected chi connectivity index (χ1v) is 12.9. The van der Waals surface area contributed by atoms with Crippen molar-refractivity contribution in [3.8, 4) is 0 Å². The van der Waals surface area contributed by atoms with Crippen molar-refractivity contribution in [3.05, 3.63) is 12.3 Å². The number of amides is 5. The summed E-state index contributed by atoms with van der Waals surface area (Å²) in [4.78, 5) is 49.3. The van der Waals surface area contributed by atoms with Crippen LogP contribution in [0, 0.1) is 5.92 Å². The number of ether oxygens (including phenoxy) is 2. The quantitative estimate of drug-likeness (QED) is 0.287. The first-order chi connectivity index (χ1) is 17.0. The number of imide groups is 1. The molecule has 5 amide bonds. The Labute approximate surface area is 213 Å². The molecular weight excluding hydrogens is 468 g/mol. The Balaban J connectivity index is 1.74. The minimum atomic E-state index is -0.920. The van der Waals surface area contributed by atoms with Gasteiger partial charge in [-0.05, 0) is 85.0 Å². The van der Waals surface area contributed by atoms with Crippen LogP contribution in [0.3, 0.4) is 0 Å². The monoisotopic (exact) mass is 510 g/mol. The number of carbonyl (C=O) groups is 4. The van der Waals surface area contributed by atoms with Gasteiger partial charge in [-0.1, -0.05) is 0 Å². The fourth-order valence-corrected chi connectivity index (χ4v) is 4.74. The molecule has 0 atom stereocenters. The Kier molecular flexibility index (Phi) is 11.3. The van der Waals surface area contributed by atoms with E-state index in [4.69, 9.17) is 9.47 Å². The Hall–Kier alpha value is -2.98. The summed E-state index contributed by atoms with van der Waals surface area (Å²) in [5.74, 6) is -0.335. The van der Waals surface area contributed by atoms with Crippen LogP contribution in [0.1, 0.15) is 79.1 Å². The maximum Gasteiger partial charge on any atom is 0.407 e. The van der Waals surface area contributed by atoms with Crippen LogP contribution in [0.4, 0.5) is 14.4 Å². The van der Waals surface area contributed by atoms with Gasteiger partial charge in [-0.3, -0.25) is 10.1 Å². The lowest BCUT2D eigenvalue weighted by molar-refractivity contribution is -0.115. The molecule has 204 valence electrons. The van der Waals surface area contributed by atoms with Crippen LogP contribution < -0.4 is 16.0 Å². The van der Waals surface area contributed by atoms with Gasteiger partial charge in [-0.25, -0.2) is 14.4 Å². The lowest BCUT2D eigenvalue weighted by Gasteiger charge is -2.38. The van der Waals surface area contributed by atoms with E-state index in [1.807, 2.05) is 20.8 Å². The number of urea groups is 1. The summed E-state index contributed by atoms with van der Waals surface area (Å²) < 4.78 is 10.3. The molecular formula is C25H42N4O7. The molecule has 0 unspecified atom stereocenters. The Morgan fingerprint density at radius 1 is 0.944 bits per heavy atom. The van der Waals surface area contributed by atoms with E-state index in [1.165, 1.54) is 6.26 Å². The van der Waals surface area contributed by atoms with Crippen molar-refractivity contribution < 1.29 is 33.8 Å². The van der Waals surface area contributed by atoms with Crippen molar-refractivity contribution in [1.29, 1.82) is 0 Å². The highest BCUT2D eigenvalue weighted by Gasteiger charge is 2.33. The van der Waals surface area contributed by atoms with E-state index in [2.05, 4.69) is 16.0 Å². The zero-order chi connectivity index (χ0) is 26.7. The molecule has 4 N–H and O–H groups in total. The molecule has 0 heterocycles. The van der Waals surface area contributed by atoms with Crippen LogP contribution in [0.15, 0.2) is 12.3 Å². The lowest BCUT2D eigenvalue weighted by atomic mass is 9.84. The molecule has 2 aliphatic carbocycles. The van der Waals surface area contributed by atoms with E-state index in [1.54, 1.807) is 11.8 Å². The topological polar surface area (TPSA) is 146 Å². The van der Waals surface area contributed by atoms with Gasteiger partial charge >= 0.3 is 18.2 Å². The number of carbonyl (C=O) groups excluding carboxylic acids is 3. The molecule has 0 aromatic carbocycles. The Bertz CT molecular complexity index is 780. The van der Waals surface area contributed by atoms with Gasteiger partial charge in [-0.2, -0.15) is 0 Å². The minimum absolute atomic E-state index is 0.0130. The minimum Gasteiger partial charge on any atom is -0.501 e. The molecule has 0 radical (unpaired) electrons. The molecule has 0 bridgehead atoms. The highest BCUT2D eigenvalue weighted by atomic mass is 16.6. The van der Waals surface area contributed by atoms with Gasteiger partial charge in [0.1, 0.15) is 5.60 Å². The number of hydrogen-bond donors (Lipinski definition) is 4. The number of alkyl carbamates (subject to hydrolysis) is 1. The summed E-state index contributed by atoms with van der Waals surface area (Å²) in [7, 11) is 0. The second-order valence-corrected chi connectivity index (χ2v) is 10.5. The van der Waals surface area contributed by atoms with E-state index in [9.17, 15) is 24.3 Å². The maximum absolute atomic E-state index is 12.0. The number of hydrogen-bond acceptors (Lipinski definition) is 6.